The number of thioether (sulfide) groups is 1. The van der Waals surface area contributed by atoms with Crippen LogP contribution in [-0.2, 0) is 16.2 Å². The second-order valence-electron chi connectivity index (χ2n) is 8.21. The Bertz CT molecular complexity index is 1280. The highest BCUT2D eigenvalue weighted by Gasteiger charge is 2.32. The summed E-state index contributed by atoms with van der Waals surface area (Å²) in [6.45, 7) is 1.51. The van der Waals surface area contributed by atoms with E-state index in [-0.39, 0.29) is 17.5 Å². The number of carbonyl (C=O) groups is 2. The predicted octanol–water partition coefficient (Wildman–Crippen LogP) is 4.51. The Balaban J connectivity index is 1.15. The summed E-state index contributed by atoms with van der Waals surface area (Å²) in [6.07, 6.45) is 1.97. The molecule has 2 N–H and O–H groups in total. The summed E-state index contributed by atoms with van der Waals surface area (Å²) in [5, 5.41) is 18.9. The van der Waals surface area contributed by atoms with E-state index in [0.29, 0.717) is 32.0 Å². The van der Waals surface area contributed by atoms with Crippen molar-refractivity contribution in [3.05, 3.63) is 90.0 Å². The van der Waals surface area contributed by atoms with Crippen molar-refractivity contribution in [3.63, 3.8) is 0 Å². The minimum Gasteiger partial charge on any atom is -0.493 e. The lowest BCUT2D eigenvalue weighted by atomic mass is 10.2. The molecule has 4 rings (SSSR count). The Morgan fingerprint density at radius 1 is 0.921 bits per heavy atom. The molecule has 1 saturated heterocycles. The molecule has 196 valence electrons. The van der Waals surface area contributed by atoms with E-state index >= 15 is 0 Å². The monoisotopic (exact) mass is 533 g/mol. The van der Waals surface area contributed by atoms with E-state index in [0.717, 1.165) is 34.4 Å². The number of hydrogen-bond donors (Lipinski definition) is 2. The van der Waals surface area contributed by atoms with E-state index in [1.807, 2.05) is 78.9 Å². The number of carboxylic acid groups (broad SMARTS) is 1. The van der Waals surface area contributed by atoms with Crippen molar-refractivity contribution in [2.24, 2.45) is 10.2 Å². The second kappa shape index (κ2) is 13.8. The molecule has 0 bridgehead atoms. The predicted molar refractivity (Wildman–Crippen MR) is 146 cm³/mol. The molecule has 0 aliphatic carbocycles. The van der Waals surface area contributed by atoms with Crippen LogP contribution < -0.4 is 19.5 Å². The summed E-state index contributed by atoms with van der Waals surface area (Å²) in [7, 11) is 0. The zero-order valence-electron chi connectivity index (χ0n) is 20.5. The number of amidine groups is 1. The summed E-state index contributed by atoms with van der Waals surface area (Å²) < 4.78 is 17.4. The van der Waals surface area contributed by atoms with Crippen LogP contribution in [0.2, 0.25) is 0 Å². The lowest BCUT2D eigenvalue weighted by Crippen LogP contribution is -2.26. The average Bonchev–Trinajstić information content (AvgIpc) is 3.26. The maximum atomic E-state index is 11.7. The number of rotatable bonds is 13. The number of ether oxygens (including phenoxy) is 3. The van der Waals surface area contributed by atoms with Gasteiger partial charge in [0.15, 0.2) is 5.17 Å². The van der Waals surface area contributed by atoms with E-state index in [9.17, 15) is 9.59 Å². The first-order valence-corrected chi connectivity index (χ1v) is 12.9. The highest BCUT2D eigenvalue weighted by atomic mass is 32.2. The molecular formula is C28H27N3O6S. The van der Waals surface area contributed by atoms with Gasteiger partial charge in [-0.2, -0.15) is 5.10 Å². The number of nitrogens with one attached hydrogen (secondary N) is 1. The first-order chi connectivity index (χ1) is 18.5. The van der Waals surface area contributed by atoms with Crippen LogP contribution in [0.15, 0.2) is 89.1 Å². The highest BCUT2D eigenvalue weighted by Crippen LogP contribution is 2.22. The van der Waals surface area contributed by atoms with E-state index < -0.39 is 11.2 Å². The Morgan fingerprint density at radius 2 is 1.63 bits per heavy atom. The highest BCUT2D eigenvalue weighted by molar-refractivity contribution is 8.15. The van der Waals surface area contributed by atoms with Gasteiger partial charge in [0.2, 0.25) is 5.91 Å². The van der Waals surface area contributed by atoms with E-state index in [2.05, 4.69) is 15.5 Å². The van der Waals surface area contributed by atoms with Crippen molar-refractivity contribution >= 4 is 35.0 Å². The Kier molecular flexibility index (Phi) is 9.75. The molecule has 0 spiro atoms. The second-order valence-corrected chi connectivity index (χ2v) is 9.40. The molecule has 1 amide bonds. The number of amides is 1. The third-order valence-corrected chi connectivity index (χ3v) is 6.32. The molecular weight excluding hydrogens is 506 g/mol. The van der Waals surface area contributed by atoms with Crippen LogP contribution in [0.4, 0.5) is 0 Å². The minimum absolute atomic E-state index is 0.264. The Labute approximate surface area is 224 Å². The summed E-state index contributed by atoms with van der Waals surface area (Å²) in [5.41, 5.74) is 1.89. The van der Waals surface area contributed by atoms with Gasteiger partial charge >= 0.3 is 5.97 Å². The smallest absolute Gasteiger partial charge is 0.305 e. The standard InChI is InChI=1S/C28H27N3O6S/c32-26(33)17-25-27(34)30-28(38-25)31-29-18-21-8-4-9-24(16-21)36-15-5-14-35-22-10-12-23(13-11-22)37-19-20-6-2-1-3-7-20/h1-4,6-13,16,18,25H,5,14-15,17,19H2,(H,32,33)(H,30,31,34). The third kappa shape index (κ3) is 8.67. The van der Waals surface area contributed by atoms with Crippen molar-refractivity contribution in [1.82, 2.24) is 5.32 Å². The molecule has 9 nitrogen and oxygen atoms in total. The topological polar surface area (TPSA) is 119 Å². The fourth-order valence-corrected chi connectivity index (χ4v) is 4.30. The number of nitrogens with zero attached hydrogens (tertiary/aromatic N) is 2. The minimum atomic E-state index is -1.04. The van der Waals surface area contributed by atoms with Gasteiger partial charge in [-0.25, -0.2) is 0 Å². The summed E-state index contributed by atoms with van der Waals surface area (Å²) in [6, 6.07) is 24.9. The van der Waals surface area contributed by atoms with Gasteiger partial charge in [-0.1, -0.05) is 54.2 Å². The largest absolute Gasteiger partial charge is 0.493 e. The molecule has 0 radical (unpaired) electrons. The fraction of sp³-hybridized carbons (Fsp3) is 0.214. The Hall–Kier alpha value is -4.31. The molecule has 10 heteroatoms. The average molecular weight is 534 g/mol. The van der Waals surface area contributed by atoms with Crippen LogP contribution >= 0.6 is 11.8 Å². The first-order valence-electron chi connectivity index (χ1n) is 12.0. The van der Waals surface area contributed by atoms with Crippen molar-refractivity contribution in [2.45, 2.75) is 24.7 Å². The molecule has 3 aromatic carbocycles. The van der Waals surface area contributed by atoms with Crippen molar-refractivity contribution < 1.29 is 28.9 Å². The van der Waals surface area contributed by atoms with Gasteiger partial charge < -0.3 is 24.6 Å². The van der Waals surface area contributed by atoms with E-state index in [1.165, 1.54) is 6.21 Å². The molecule has 3 aromatic rings. The van der Waals surface area contributed by atoms with Gasteiger partial charge in [0.1, 0.15) is 29.1 Å². The van der Waals surface area contributed by atoms with E-state index in [1.54, 1.807) is 0 Å². The zero-order chi connectivity index (χ0) is 26.6. The zero-order valence-corrected chi connectivity index (χ0v) is 21.3. The van der Waals surface area contributed by atoms with E-state index in [4.69, 9.17) is 19.3 Å². The molecule has 1 heterocycles. The third-order valence-electron chi connectivity index (χ3n) is 5.25. The molecule has 0 aromatic heterocycles. The van der Waals surface area contributed by atoms with Crippen molar-refractivity contribution in [3.8, 4) is 17.2 Å². The van der Waals surface area contributed by atoms with Crippen LogP contribution in [0.3, 0.4) is 0 Å². The summed E-state index contributed by atoms with van der Waals surface area (Å²) in [4.78, 5) is 22.5. The van der Waals surface area contributed by atoms with Gasteiger partial charge in [0.25, 0.3) is 0 Å². The van der Waals surface area contributed by atoms with Crippen LogP contribution in [0.25, 0.3) is 0 Å². The van der Waals surface area contributed by atoms with Crippen molar-refractivity contribution in [2.75, 3.05) is 13.2 Å². The van der Waals surface area contributed by atoms with Gasteiger partial charge in [0, 0.05) is 6.42 Å². The first kappa shape index (κ1) is 26.7. The molecule has 1 fully saturated rings. The molecule has 0 saturated carbocycles. The summed E-state index contributed by atoms with van der Waals surface area (Å²) >= 11 is 1.05. The maximum absolute atomic E-state index is 11.7. The van der Waals surface area contributed by atoms with Crippen molar-refractivity contribution in [1.29, 1.82) is 0 Å². The van der Waals surface area contributed by atoms with Gasteiger partial charge in [-0.15, -0.1) is 5.10 Å². The Morgan fingerprint density at radius 3 is 2.37 bits per heavy atom. The molecule has 1 unspecified atom stereocenters. The van der Waals surface area contributed by atoms with Crippen LogP contribution in [-0.4, -0.2) is 46.8 Å². The van der Waals surface area contributed by atoms with Crippen LogP contribution in [0.5, 0.6) is 17.2 Å². The molecule has 1 atom stereocenters. The molecule has 1 aliphatic heterocycles. The number of aliphatic carboxylic acids is 1. The van der Waals surface area contributed by atoms with Crippen LogP contribution in [0.1, 0.15) is 24.0 Å². The lowest BCUT2D eigenvalue weighted by Gasteiger charge is -2.10. The normalized spacial score (nSPS) is 15.9. The SMILES string of the molecule is O=C(O)CC1SC(=NN=Cc2cccc(OCCCOc3ccc(OCc4ccccc4)cc3)c2)NC1=O. The van der Waals surface area contributed by atoms with Crippen LogP contribution in [0, 0.1) is 0 Å². The maximum Gasteiger partial charge on any atom is 0.305 e. The van der Waals surface area contributed by atoms with Gasteiger partial charge in [0.05, 0.1) is 25.8 Å². The lowest BCUT2D eigenvalue weighted by molar-refractivity contribution is -0.138. The quantitative estimate of drug-likeness (QED) is 0.189. The molecule has 1 aliphatic rings. The van der Waals surface area contributed by atoms with Gasteiger partial charge in [-0.3, -0.25) is 9.59 Å². The molecule has 38 heavy (non-hydrogen) atoms. The number of carbonyl (C=O) groups excluding carboxylic acids is 1. The number of benzene rings is 3. The van der Waals surface area contributed by atoms with Gasteiger partial charge in [-0.05, 0) is 47.5 Å². The number of hydrogen-bond acceptors (Lipinski definition) is 8. The number of carboxylic acids is 1. The summed E-state index contributed by atoms with van der Waals surface area (Å²) in [5.74, 6) is 0.822. The fourth-order valence-electron chi connectivity index (χ4n) is 3.39.